The van der Waals surface area contributed by atoms with Crippen molar-refractivity contribution in [3.8, 4) is 0 Å². The van der Waals surface area contributed by atoms with Gasteiger partial charge in [-0.2, -0.15) is 0 Å². The van der Waals surface area contributed by atoms with E-state index in [2.05, 4.69) is 4.98 Å². The fourth-order valence-corrected chi connectivity index (χ4v) is 2.35. The van der Waals surface area contributed by atoms with E-state index in [0.717, 1.165) is 12.1 Å². The molecule has 0 radical (unpaired) electrons. The van der Waals surface area contributed by atoms with Crippen molar-refractivity contribution in [3.05, 3.63) is 16.6 Å². The number of carbonyl (C=O) groups is 1. The SMILES string of the molecule is CCCC(C(=O)N(C)Cc1cscn1)C(N)=S. The molecular formula is C11H17N3OS2. The maximum Gasteiger partial charge on any atom is 0.232 e. The zero-order chi connectivity index (χ0) is 12.8. The first kappa shape index (κ1) is 14.1. The number of thiazole rings is 1. The van der Waals surface area contributed by atoms with Crippen molar-refractivity contribution in [2.75, 3.05) is 7.05 Å². The van der Waals surface area contributed by atoms with Gasteiger partial charge in [-0.25, -0.2) is 4.98 Å². The molecule has 1 atom stereocenters. The number of aromatic nitrogens is 1. The summed E-state index contributed by atoms with van der Waals surface area (Å²) >= 11 is 6.46. The molecule has 0 aliphatic carbocycles. The molecule has 0 fully saturated rings. The molecule has 94 valence electrons. The van der Waals surface area contributed by atoms with Crippen molar-refractivity contribution in [3.63, 3.8) is 0 Å². The molecule has 0 saturated heterocycles. The van der Waals surface area contributed by atoms with Crippen molar-refractivity contribution in [2.24, 2.45) is 11.7 Å². The fraction of sp³-hybridized carbons (Fsp3) is 0.545. The molecule has 1 rings (SSSR count). The minimum absolute atomic E-state index is 0.0210. The van der Waals surface area contributed by atoms with Crippen molar-refractivity contribution < 1.29 is 4.79 Å². The molecule has 6 heteroatoms. The molecule has 17 heavy (non-hydrogen) atoms. The van der Waals surface area contributed by atoms with Gasteiger partial charge < -0.3 is 10.6 Å². The van der Waals surface area contributed by atoms with Crippen LogP contribution in [0.15, 0.2) is 10.9 Å². The molecule has 0 aliphatic rings. The van der Waals surface area contributed by atoms with Crippen LogP contribution in [0.2, 0.25) is 0 Å². The van der Waals surface area contributed by atoms with E-state index in [9.17, 15) is 4.79 Å². The molecule has 1 unspecified atom stereocenters. The summed E-state index contributed by atoms with van der Waals surface area (Å²) < 4.78 is 0. The molecule has 2 N–H and O–H groups in total. The molecule has 0 aliphatic heterocycles. The predicted molar refractivity (Wildman–Crippen MR) is 73.8 cm³/mol. The van der Waals surface area contributed by atoms with Crippen LogP contribution in [-0.4, -0.2) is 27.8 Å². The Balaban J connectivity index is 2.63. The Kier molecular flexibility index (Phi) is 5.50. The van der Waals surface area contributed by atoms with Crippen LogP contribution in [0.25, 0.3) is 0 Å². The quantitative estimate of drug-likeness (QED) is 0.802. The van der Waals surface area contributed by atoms with Crippen LogP contribution in [-0.2, 0) is 11.3 Å². The summed E-state index contributed by atoms with van der Waals surface area (Å²) in [6.45, 7) is 2.52. The summed E-state index contributed by atoms with van der Waals surface area (Å²) in [7, 11) is 1.75. The van der Waals surface area contributed by atoms with Gasteiger partial charge >= 0.3 is 0 Å². The van der Waals surface area contributed by atoms with E-state index in [4.69, 9.17) is 18.0 Å². The van der Waals surface area contributed by atoms with E-state index in [1.54, 1.807) is 17.5 Å². The molecule has 1 aromatic heterocycles. The van der Waals surface area contributed by atoms with Gasteiger partial charge in [0.15, 0.2) is 0 Å². The molecule has 0 saturated carbocycles. The lowest BCUT2D eigenvalue weighted by Crippen LogP contribution is -2.38. The first-order chi connectivity index (χ1) is 8.06. The molecule has 0 bridgehead atoms. The number of amides is 1. The van der Waals surface area contributed by atoms with E-state index in [-0.39, 0.29) is 16.8 Å². The van der Waals surface area contributed by atoms with Crippen LogP contribution in [0.1, 0.15) is 25.5 Å². The van der Waals surface area contributed by atoms with E-state index in [0.29, 0.717) is 13.0 Å². The van der Waals surface area contributed by atoms with Crippen LogP contribution in [0.5, 0.6) is 0 Å². The van der Waals surface area contributed by atoms with Gasteiger partial charge in [-0.3, -0.25) is 4.79 Å². The third kappa shape index (κ3) is 4.05. The number of hydrogen-bond donors (Lipinski definition) is 1. The maximum atomic E-state index is 12.1. The number of nitrogens with zero attached hydrogens (tertiary/aromatic N) is 2. The molecule has 1 amide bonds. The highest BCUT2D eigenvalue weighted by Crippen LogP contribution is 2.13. The predicted octanol–water partition coefficient (Wildman–Crippen LogP) is 1.80. The maximum absolute atomic E-state index is 12.1. The molecule has 1 aromatic rings. The number of carbonyl (C=O) groups excluding carboxylic acids is 1. The van der Waals surface area contributed by atoms with Crippen LogP contribution in [0.4, 0.5) is 0 Å². The van der Waals surface area contributed by atoms with Gasteiger partial charge in [0.25, 0.3) is 0 Å². The van der Waals surface area contributed by atoms with Crippen LogP contribution in [0, 0.1) is 5.92 Å². The number of rotatable bonds is 6. The lowest BCUT2D eigenvalue weighted by molar-refractivity contribution is -0.132. The summed E-state index contributed by atoms with van der Waals surface area (Å²) in [6.07, 6.45) is 1.59. The summed E-state index contributed by atoms with van der Waals surface area (Å²) in [4.78, 5) is 18.2. The van der Waals surface area contributed by atoms with Crippen LogP contribution < -0.4 is 5.73 Å². The first-order valence-corrected chi connectivity index (χ1v) is 6.82. The number of thiocarbonyl (C=S) groups is 1. The zero-order valence-electron chi connectivity index (χ0n) is 10.0. The van der Waals surface area contributed by atoms with E-state index < -0.39 is 0 Å². The monoisotopic (exact) mass is 271 g/mol. The Morgan fingerprint density at radius 2 is 2.41 bits per heavy atom. The van der Waals surface area contributed by atoms with Gasteiger partial charge in [0.05, 0.1) is 28.7 Å². The Morgan fingerprint density at radius 3 is 2.88 bits per heavy atom. The smallest absolute Gasteiger partial charge is 0.232 e. The highest BCUT2D eigenvalue weighted by atomic mass is 32.1. The number of hydrogen-bond acceptors (Lipinski definition) is 4. The molecule has 0 aromatic carbocycles. The zero-order valence-corrected chi connectivity index (χ0v) is 11.7. The lowest BCUT2D eigenvalue weighted by atomic mass is 10.0. The highest BCUT2D eigenvalue weighted by molar-refractivity contribution is 7.80. The Morgan fingerprint density at radius 1 is 1.71 bits per heavy atom. The Labute approximate surface area is 111 Å². The van der Waals surface area contributed by atoms with Crippen LogP contribution >= 0.6 is 23.6 Å². The lowest BCUT2D eigenvalue weighted by Gasteiger charge is -2.22. The van der Waals surface area contributed by atoms with Crippen molar-refractivity contribution >= 4 is 34.5 Å². The summed E-state index contributed by atoms with van der Waals surface area (Å²) in [6, 6.07) is 0. The van der Waals surface area contributed by atoms with Crippen molar-refractivity contribution in [2.45, 2.75) is 26.3 Å². The Hall–Kier alpha value is -1.01. The standard InChI is InChI=1S/C11H17N3OS2/c1-3-4-9(10(12)16)11(15)14(2)5-8-6-17-7-13-8/h6-7,9H,3-5H2,1-2H3,(H2,12,16). The van der Waals surface area contributed by atoms with E-state index >= 15 is 0 Å². The van der Waals surface area contributed by atoms with Gasteiger partial charge in [0.1, 0.15) is 0 Å². The third-order valence-corrected chi connectivity index (χ3v) is 3.40. The summed E-state index contributed by atoms with van der Waals surface area (Å²) in [5.41, 5.74) is 8.25. The largest absolute Gasteiger partial charge is 0.393 e. The van der Waals surface area contributed by atoms with Crippen LogP contribution in [0.3, 0.4) is 0 Å². The minimum Gasteiger partial charge on any atom is -0.393 e. The fourth-order valence-electron chi connectivity index (χ4n) is 1.58. The molecule has 1 heterocycles. The summed E-state index contributed by atoms with van der Waals surface area (Å²) in [5, 5.41) is 1.93. The second-order valence-corrected chi connectivity index (χ2v) is 5.11. The minimum atomic E-state index is -0.348. The molecular weight excluding hydrogens is 254 g/mol. The van der Waals surface area contributed by atoms with Crippen molar-refractivity contribution in [1.29, 1.82) is 0 Å². The molecule has 0 spiro atoms. The van der Waals surface area contributed by atoms with Gasteiger partial charge in [-0.1, -0.05) is 25.6 Å². The average Bonchev–Trinajstić information content (AvgIpc) is 2.77. The van der Waals surface area contributed by atoms with Gasteiger partial charge in [0.2, 0.25) is 5.91 Å². The van der Waals surface area contributed by atoms with Crippen molar-refractivity contribution in [1.82, 2.24) is 9.88 Å². The van der Waals surface area contributed by atoms with E-state index in [1.807, 2.05) is 12.3 Å². The third-order valence-electron chi connectivity index (χ3n) is 2.48. The second kappa shape index (κ2) is 6.66. The van der Waals surface area contributed by atoms with Gasteiger partial charge in [-0.15, -0.1) is 11.3 Å². The Bertz CT molecular complexity index is 378. The normalized spacial score (nSPS) is 12.1. The second-order valence-electron chi connectivity index (χ2n) is 3.92. The first-order valence-electron chi connectivity index (χ1n) is 5.47. The average molecular weight is 271 g/mol. The summed E-state index contributed by atoms with van der Waals surface area (Å²) in [5.74, 6) is -0.369. The van der Waals surface area contributed by atoms with Gasteiger partial charge in [-0.05, 0) is 6.42 Å². The number of nitrogens with two attached hydrogens (primary N) is 1. The topological polar surface area (TPSA) is 59.2 Å². The van der Waals surface area contributed by atoms with E-state index in [1.165, 1.54) is 11.3 Å². The highest BCUT2D eigenvalue weighted by Gasteiger charge is 2.24. The molecule has 4 nitrogen and oxygen atoms in total. The van der Waals surface area contributed by atoms with Gasteiger partial charge in [0, 0.05) is 12.4 Å².